The SMILES string of the molecule is CCn1nc(-c2ccccc2)c(-c2ccccc2)c(C(=O)NC2C(O)O[C@H](CO)C(O)[C@@H]2O)c1=O. The van der Waals surface area contributed by atoms with Crippen LogP contribution in [-0.4, -0.2) is 73.4 Å². The summed E-state index contributed by atoms with van der Waals surface area (Å²) in [6.07, 6.45) is -6.16. The van der Waals surface area contributed by atoms with Crippen LogP contribution in [0.15, 0.2) is 65.5 Å². The second kappa shape index (κ2) is 10.5. The molecule has 1 amide bonds. The number of carbonyl (C=O) groups excluding carboxylic acids is 1. The molecule has 1 aliphatic heterocycles. The van der Waals surface area contributed by atoms with Crippen molar-refractivity contribution in [3.05, 3.63) is 76.6 Å². The monoisotopic (exact) mass is 481 g/mol. The molecule has 1 fully saturated rings. The Morgan fingerprint density at radius 2 is 1.60 bits per heavy atom. The van der Waals surface area contributed by atoms with E-state index in [9.17, 15) is 30.0 Å². The van der Waals surface area contributed by atoms with E-state index in [4.69, 9.17) is 4.74 Å². The van der Waals surface area contributed by atoms with Gasteiger partial charge in [-0.3, -0.25) is 9.59 Å². The average Bonchev–Trinajstić information content (AvgIpc) is 2.89. The number of amides is 1. The number of nitrogens with one attached hydrogen (secondary N) is 1. The molecule has 3 unspecified atom stereocenters. The second-order valence-corrected chi connectivity index (χ2v) is 8.18. The molecule has 10 nitrogen and oxygen atoms in total. The summed E-state index contributed by atoms with van der Waals surface area (Å²) < 4.78 is 6.31. The molecule has 1 aliphatic rings. The number of ether oxygens (including phenoxy) is 1. The molecule has 1 saturated heterocycles. The lowest BCUT2D eigenvalue weighted by molar-refractivity contribution is -0.252. The van der Waals surface area contributed by atoms with Gasteiger partial charge in [-0.25, -0.2) is 4.68 Å². The lowest BCUT2D eigenvalue weighted by Gasteiger charge is -2.40. The largest absolute Gasteiger partial charge is 0.394 e. The second-order valence-electron chi connectivity index (χ2n) is 8.18. The number of nitrogens with zero attached hydrogens (tertiary/aromatic N) is 2. The lowest BCUT2D eigenvalue weighted by atomic mass is 9.93. The summed E-state index contributed by atoms with van der Waals surface area (Å²) in [5.41, 5.74) is 1.07. The summed E-state index contributed by atoms with van der Waals surface area (Å²) >= 11 is 0. The van der Waals surface area contributed by atoms with Gasteiger partial charge in [0.1, 0.15) is 29.9 Å². The average molecular weight is 482 g/mol. The third-order valence-corrected chi connectivity index (χ3v) is 5.99. The number of rotatable bonds is 6. The fourth-order valence-corrected chi connectivity index (χ4v) is 4.16. The van der Waals surface area contributed by atoms with Crippen LogP contribution in [0, 0.1) is 0 Å². The van der Waals surface area contributed by atoms with Crippen molar-refractivity contribution in [1.29, 1.82) is 0 Å². The minimum absolute atomic E-state index is 0.197. The summed E-state index contributed by atoms with van der Waals surface area (Å²) in [6.45, 7) is 1.28. The van der Waals surface area contributed by atoms with Crippen LogP contribution in [0.5, 0.6) is 0 Å². The zero-order valence-electron chi connectivity index (χ0n) is 19.0. The summed E-state index contributed by atoms with van der Waals surface area (Å²) in [7, 11) is 0. The standard InChI is InChI=1S/C25H27N3O7/c1-2-28-24(33)18(23(32)26-20-22(31)21(30)16(13-29)35-25(20)34)17(14-9-5-3-6-10-14)19(27-28)15-11-7-4-8-12-15/h3-12,16,20-22,25,29-31,34H,2,13H2,1H3,(H,26,32)/t16-,20?,21?,22-,25?/m1/s1. The van der Waals surface area contributed by atoms with Crippen molar-refractivity contribution < 1.29 is 30.0 Å². The van der Waals surface area contributed by atoms with Gasteiger partial charge in [0.2, 0.25) is 0 Å². The van der Waals surface area contributed by atoms with Crippen molar-refractivity contribution in [1.82, 2.24) is 15.1 Å². The predicted molar refractivity (Wildman–Crippen MR) is 126 cm³/mol. The highest BCUT2D eigenvalue weighted by atomic mass is 16.6. The molecule has 2 aromatic carbocycles. The van der Waals surface area contributed by atoms with Gasteiger partial charge in [-0.15, -0.1) is 0 Å². The van der Waals surface area contributed by atoms with Crippen molar-refractivity contribution in [2.75, 3.05) is 6.61 Å². The zero-order valence-corrected chi connectivity index (χ0v) is 19.0. The van der Waals surface area contributed by atoms with Crippen LogP contribution in [0.4, 0.5) is 0 Å². The van der Waals surface area contributed by atoms with Gasteiger partial charge >= 0.3 is 0 Å². The highest BCUT2D eigenvalue weighted by Crippen LogP contribution is 2.32. The number of hydrogen-bond donors (Lipinski definition) is 5. The van der Waals surface area contributed by atoms with Gasteiger partial charge in [0, 0.05) is 17.7 Å². The molecule has 4 rings (SSSR count). The smallest absolute Gasteiger partial charge is 0.280 e. The topological polar surface area (TPSA) is 154 Å². The van der Waals surface area contributed by atoms with E-state index in [0.29, 0.717) is 22.4 Å². The quantitative estimate of drug-likeness (QED) is 0.333. The molecule has 184 valence electrons. The molecule has 0 spiro atoms. The fourth-order valence-electron chi connectivity index (χ4n) is 4.16. The molecular formula is C25H27N3O7. The first-order valence-corrected chi connectivity index (χ1v) is 11.2. The molecule has 5 N–H and O–H groups in total. The van der Waals surface area contributed by atoms with Gasteiger partial charge in [-0.05, 0) is 12.5 Å². The number of aromatic nitrogens is 2. The summed E-state index contributed by atoms with van der Waals surface area (Å²) in [6, 6.07) is 16.5. The molecule has 3 aromatic rings. The van der Waals surface area contributed by atoms with Gasteiger partial charge in [0.15, 0.2) is 6.29 Å². The summed E-state index contributed by atoms with van der Waals surface area (Å²) in [5.74, 6) is -0.878. The highest BCUT2D eigenvalue weighted by molar-refractivity contribution is 6.03. The minimum atomic E-state index is -1.72. The van der Waals surface area contributed by atoms with Gasteiger partial charge < -0.3 is 30.5 Å². The first-order chi connectivity index (χ1) is 16.9. The number of benzene rings is 2. The Labute approximate surface area is 201 Å². The van der Waals surface area contributed by atoms with Crippen LogP contribution in [0.25, 0.3) is 22.4 Å². The van der Waals surface area contributed by atoms with E-state index in [1.807, 2.05) is 30.3 Å². The van der Waals surface area contributed by atoms with E-state index in [1.54, 1.807) is 37.3 Å². The van der Waals surface area contributed by atoms with Gasteiger partial charge in [0.05, 0.1) is 12.3 Å². The summed E-state index contributed by atoms with van der Waals surface area (Å²) in [4.78, 5) is 27.0. The van der Waals surface area contributed by atoms with Gasteiger partial charge in [0.25, 0.3) is 11.5 Å². The lowest BCUT2D eigenvalue weighted by Crippen LogP contribution is -2.64. The van der Waals surface area contributed by atoms with Crippen LogP contribution in [-0.2, 0) is 11.3 Å². The third kappa shape index (κ3) is 4.75. The number of aryl methyl sites for hydroxylation is 1. The normalized spacial score (nSPS) is 24.2. The van der Waals surface area contributed by atoms with Crippen molar-refractivity contribution in [2.45, 2.75) is 44.1 Å². The molecule has 2 heterocycles. The molecule has 0 bridgehead atoms. The number of carbonyl (C=O) groups is 1. The molecule has 0 saturated carbocycles. The Balaban J connectivity index is 1.86. The van der Waals surface area contributed by atoms with E-state index in [1.165, 1.54) is 4.68 Å². The maximum Gasteiger partial charge on any atom is 0.280 e. The van der Waals surface area contributed by atoms with E-state index in [0.717, 1.165) is 0 Å². The Morgan fingerprint density at radius 1 is 1.00 bits per heavy atom. The van der Waals surface area contributed by atoms with Gasteiger partial charge in [-0.1, -0.05) is 60.7 Å². The fraction of sp³-hybridized carbons (Fsp3) is 0.320. The first-order valence-electron chi connectivity index (χ1n) is 11.2. The number of aliphatic hydroxyl groups is 4. The van der Waals surface area contributed by atoms with Crippen LogP contribution in [0.3, 0.4) is 0 Å². The van der Waals surface area contributed by atoms with Crippen molar-refractivity contribution in [3.63, 3.8) is 0 Å². The molecule has 5 atom stereocenters. The van der Waals surface area contributed by atoms with Crippen LogP contribution >= 0.6 is 0 Å². The Bertz CT molecular complexity index is 1230. The molecular weight excluding hydrogens is 454 g/mol. The molecule has 0 aliphatic carbocycles. The van der Waals surface area contributed by atoms with E-state index >= 15 is 0 Å². The van der Waals surface area contributed by atoms with Crippen molar-refractivity contribution >= 4 is 5.91 Å². The Kier molecular flexibility index (Phi) is 7.39. The van der Waals surface area contributed by atoms with Crippen LogP contribution in [0.1, 0.15) is 17.3 Å². The molecule has 10 heteroatoms. The predicted octanol–water partition coefficient (Wildman–Crippen LogP) is 0.127. The number of aliphatic hydroxyl groups excluding tert-OH is 4. The van der Waals surface area contributed by atoms with Crippen LogP contribution < -0.4 is 10.9 Å². The van der Waals surface area contributed by atoms with E-state index in [2.05, 4.69) is 10.4 Å². The highest BCUT2D eigenvalue weighted by Gasteiger charge is 2.44. The third-order valence-electron chi connectivity index (χ3n) is 5.99. The maximum absolute atomic E-state index is 13.6. The van der Waals surface area contributed by atoms with Crippen molar-refractivity contribution in [2.24, 2.45) is 0 Å². The Hall–Kier alpha value is -3.41. The molecule has 0 radical (unpaired) electrons. The number of hydrogen-bond acceptors (Lipinski definition) is 8. The van der Waals surface area contributed by atoms with Crippen LogP contribution in [0.2, 0.25) is 0 Å². The van der Waals surface area contributed by atoms with Gasteiger partial charge in [-0.2, -0.15) is 5.10 Å². The Morgan fingerprint density at radius 3 is 2.17 bits per heavy atom. The van der Waals surface area contributed by atoms with E-state index < -0.39 is 48.7 Å². The minimum Gasteiger partial charge on any atom is -0.394 e. The molecule has 35 heavy (non-hydrogen) atoms. The summed E-state index contributed by atoms with van der Waals surface area (Å²) in [5, 5.41) is 47.3. The van der Waals surface area contributed by atoms with E-state index in [-0.39, 0.29) is 12.1 Å². The van der Waals surface area contributed by atoms with Crippen molar-refractivity contribution in [3.8, 4) is 22.4 Å². The zero-order chi connectivity index (χ0) is 25.1. The maximum atomic E-state index is 13.6. The first kappa shape index (κ1) is 24.7. The molecule has 1 aromatic heterocycles.